The van der Waals surface area contributed by atoms with Crippen LogP contribution in [0.1, 0.15) is 32.2 Å². The van der Waals surface area contributed by atoms with Gasteiger partial charge in [0.15, 0.2) is 0 Å². The Morgan fingerprint density at radius 2 is 1.78 bits per heavy atom. The molecule has 0 amide bonds. The summed E-state index contributed by atoms with van der Waals surface area (Å²) >= 11 is 0. The minimum absolute atomic E-state index is 0.116. The molecule has 0 saturated heterocycles. The first-order chi connectivity index (χ1) is 13.1. The number of fused-ring (bicyclic) bond motifs is 1. The van der Waals surface area contributed by atoms with Crippen LogP contribution in [0.2, 0.25) is 0 Å². The Morgan fingerprint density at radius 3 is 2.37 bits per heavy atom. The van der Waals surface area contributed by atoms with Gasteiger partial charge in [0.05, 0.1) is 17.3 Å². The van der Waals surface area contributed by atoms with Crippen LogP contribution in [0, 0.1) is 13.8 Å². The van der Waals surface area contributed by atoms with Gasteiger partial charge in [-0.25, -0.2) is 0 Å². The highest BCUT2D eigenvalue weighted by Crippen LogP contribution is 2.26. The number of hydrogen-bond donors (Lipinski definition) is 0. The number of para-hydroxylation sites is 1. The molecular formula is C23H27N3O. The lowest BCUT2D eigenvalue weighted by atomic mass is 10.2. The van der Waals surface area contributed by atoms with Crippen LogP contribution in [0.4, 0.5) is 0 Å². The van der Waals surface area contributed by atoms with Crippen LogP contribution in [-0.4, -0.2) is 14.3 Å². The number of rotatable bonds is 4. The van der Waals surface area contributed by atoms with E-state index in [2.05, 4.69) is 16.2 Å². The van der Waals surface area contributed by atoms with Gasteiger partial charge in [-0.2, -0.15) is 9.78 Å². The Morgan fingerprint density at radius 1 is 1.11 bits per heavy atom. The van der Waals surface area contributed by atoms with Crippen molar-refractivity contribution in [3.8, 4) is 5.69 Å². The minimum Gasteiger partial charge on any atom is -0.317 e. The van der Waals surface area contributed by atoms with Gasteiger partial charge in [0.1, 0.15) is 0 Å². The predicted molar refractivity (Wildman–Crippen MR) is 115 cm³/mol. The molecule has 140 valence electrons. The monoisotopic (exact) mass is 361 g/mol. The van der Waals surface area contributed by atoms with Crippen LogP contribution in [0.5, 0.6) is 0 Å². The Hall–Kier alpha value is -3.14. The Balaban J connectivity index is 0.00000126. The van der Waals surface area contributed by atoms with E-state index in [0.717, 1.165) is 28.2 Å². The van der Waals surface area contributed by atoms with Gasteiger partial charge in [0.25, 0.3) is 5.56 Å². The minimum atomic E-state index is -0.116. The van der Waals surface area contributed by atoms with Gasteiger partial charge in [0, 0.05) is 22.5 Å². The zero-order valence-corrected chi connectivity index (χ0v) is 16.7. The van der Waals surface area contributed by atoms with Crippen LogP contribution < -0.4 is 5.56 Å². The Bertz CT molecular complexity index is 1050. The molecule has 0 N–H and O–H groups in total. The molecule has 0 aliphatic rings. The summed E-state index contributed by atoms with van der Waals surface area (Å²) in [6.07, 6.45) is 8.92. The van der Waals surface area contributed by atoms with E-state index < -0.39 is 0 Å². The van der Waals surface area contributed by atoms with E-state index >= 15 is 0 Å². The average Bonchev–Trinajstić information content (AvgIpc) is 2.97. The molecule has 0 unspecified atom stereocenters. The van der Waals surface area contributed by atoms with Gasteiger partial charge in [0.2, 0.25) is 0 Å². The first kappa shape index (κ1) is 20.2. The standard InChI is InChI=1S/C21H21N3O.C2H6/c1-5-7-11-17(6-2)24-21(25)20-16(4)23(15(3)19(20)14-22-24)18-12-9-8-10-13-18;1-2/h5-14H,1H2,2-4H3;1-2H3/b11-7-,17-6+;. The normalized spacial score (nSPS) is 11.5. The van der Waals surface area contributed by atoms with Crippen molar-refractivity contribution in [2.45, 2.75) is 34.6 Å². The second-order valence-electron chi connectivity index (χ2n) is 5.80. The van der Waals surface area contributed by atoms with Gasteiger partial charge in [-0.3, -0.25) is 4.79 Å². The zero-order chi connectivity index (χ0) is 20.0. The van der Waals surface area contributed by atoms with Crippen molar-refractivity contribution in [1.82, 2.24) is 14.3 Å². The van der Waals surface area contributed by atoms with Crippen LogP contribution >= 0.6 is 0 Å². The lowest BCUT2D eigenvalue weighted by Gasteiger charge is -2.08. The largest absolute Gasteiger partial charge is 0.317 e. The van der Waals surface area contributed by atoms with Gasteiger partial charge < -0.3 is 4.57 Å². The van der Waals surface area contributed by atoms with Crippen molar-refractivity contribution >= 4 is 16.5 Å². The van der Waals surface area contributed by atoms with E-state index in [9.17, 15) is 4.79 Å². The van der Waals surface area contributed by atoms with Crippen molar-refractivity contribution in [3.05, 3.63) is 89.2 Å². The number of aromatic nitrogens is 3. The molecule has 0 spiro atoms. The van der Waals surface area contributed by atoms with E-state index in [0.29, 0.717) is 5.39 Å². The van der Waals surface area contributed by atoms with Crippen molar-refractivity contribution in [3.63, 3.8) is 0 Å². The van der Waals surface area contributed by atoms with Crippen molar-refractivity contribution in [2.75, 3.05) is 0 Å². The molecule has 4 nitrogen and oxygen atoms in total. The summed E-state index contributed by atoms with van der Waals surface area (Å²) in [7, 11) is 0. The number of allylic oxidation sites excluding steroid dienone is 5. The highest BCUT2D eigenvalue weighted by Gasteiger charge is 2.17. The third-order valence-electron chi connectivity index (χ3n) is 4.36. The van der Waals surface area contributed by atoms with E-state index in [-0.39, 0.29) is 5.56 Å². The number of aryl methyl sites for hydroxylation is 2. The fourth-order valence-corrected chi connectivity index (χ4v) is 3.17. The lowest BCUT2D eigenvalue weighted by Crippen LogP contribution is -2.21. The van der Waals surface area contributed by atoms with Crippen LogP contribution in [0.3, 0.4) is 0 Å². The molecule has 2 heterocycles. The molecule has 0 fully saturated rings. The quantitative estimate of drug-likeness (QED) is 0.581. The summed E-state index contributed by atoms with van der Waals surface area (Å²) < 4.78 is 3.54. The second-order valence-corrected chi connectivity index (χ2v) is 5.80. The summed E-state index contributed by atoms with van der Waals surface area (Å²) in [6.45, 7) is 13.5. The molecule has 3 aromatic rings. The van der Waals surface area contributed by atoms with Crippen LogP contribution in [-0.2, 0) is 0 Å². The maximum absolute atomic E-state index is 13.1. The highest BCUT2D eigenvalue weighted by molar-refractivity contribution is 5.88. The topological polar surface area (TPSA) is 39.8 Å². The van der Waals surface area contributed by atoms with Crippen LogP contribution in [0.25, 0.3) is 22.2 Å². The third kappa shape index (κ3) is 3.70. The average molecular weight is 361 g/mol. The molecule has 4 heteroatoms. The second kappa shape index (κ2) is 8.99. The fourth-order valence-electron chi connectivity index (χ4n) is 3.17. The van der Waals surface area contributed by atoms with Crippen LogP contribution in [0.15, 0.2) is 72.2 Å². The summed E-state index contributed by atoms with van der Waals surface area (Å²) in [6, 6.07) is 10.0. The fraction of sp³-hybridized carbons (Fsp3) is 0.217. The van der Waals surface area contributed by atoms with Gasteiger partial charge in [-0.05, 0) is 39.0 Å². The molecule has 0 radical (unpaired) electrons. The van der Waals surface area contributed by atoms with E-state index in [4.69, 9.17) is 0 Å². The van der Waals surface area contributed by atoms with Gasteiger partial charge >= 0.3 is 0 Å². The molecule has 0 atom stereocenters. The summed E-state index contributed by atoms with van der Waals surface area (Å²) in [5.74, 6) is 0. The van der Waals surface area contributed by atoms with Gasteiger partial charge in [-0.1, -0.05) is 56.9 Å². The summed E-state index contributed by atoms with van der Waals surface area (Å²) in [5, 5.41) is 5.95. The van der Waals surface area contributed by atoms with Crippen molar-refractivity contribution in [2.24, 2.45) is 0 Å². The third-order valence-corrected chi connectivity index (χ3v) is 4.36. The zero-order valence-electron chi connectivity index (χ0n) is 16.7. The number of benzene rings is 1. The molecule has 0 bridgehead atoms. The Labute approximate surface area is 160 Å². The van der Waals surface area contributed by atoms with Gasteiger partial charge in [-0.15, -0.1) is 0 Å². The van der Waals surface area contributed by atoms with Crippen molar-refractivity contribution in [1.29, 1.82) is 0 Å². The van der Waals surface area contributed by atoms with E-state index in [1.165, 1.54) is 4.68 Å². The highest BCUT2D eigenvalue weighted by atomic mass is 16.1. The molecule has 0 aliphatic heterocycles. The summed E-state index contributed by atoms with van der Waals surface area (Å²) in [4.78, 5) is 13.1. The number of hydrogen-bond acceptors (Lipinski definition) is 2. The van der Waals surface area contributed by atoms with E-state index in [1.54, 1.807) is 18.3 Å². The molecular weight excluding hydrogens is 334 g/mol. The maximum atomic E-state index is 13.1. The SMILES string of the molecule is C=C/C=C\C(=C/C)n1ncc2c(C)n(-c3ccccc3)c(C)c2c1=O.CC. The smallest absolute Gasteiger partial charge is 0.281 e. The maximum Gasteiger partial charge on any atom is 0.281 e. The molecule has 0 saturated carbocycles. The molecule has 2 aromatic heterocycles. The molecule has 0 aliphatic carbocycles. The van der Waals surface area contributed by atoms with Crippen molar-refractivity contribution < 1.29 is 0 Å². The predicted octanol–water partition coefficient (Wildman–Crippen LogP) is 5.43. The molecule has 3 rings (SSSR count). The molecule has 27 heavy (non-hydrogen) atoms. The number of nitrogens with zero attached hydrogens (tertiary/aromatic N) is 3. The first-order valence-corrected chi connectivity index (χ1v) is 9.21. The molecule has 1 aromatic carbocycles. The first-order valence-electron chi connectivity index (χ1n) is 9.21. The lowest BCUT2D eigenvalue weighted by molar-refractivity contribution is 0.845. The van der Waals surface area contributed by atoms with E-state index in [1.807, 2.05) is 77.1 Å². The summed E-state index contributed by atoms with van der Waals surface area (Å²) in [5.41, 5.74) is 3.57. The Kier molecular flexibility index (Phi) is 6.72.